The zero-order valence-corrected chi connectivity index (χ0v) is 16.4. The highest BCUT2D eigenvalue weighted by Gasteiger charge is 2.36. The molecule has 0 aromatic heterocycles. The van der Waals surface area contributed by atoms with Gasteiger partial charge in [0.25, 0.3) is 0 Å². The maximum absolute atomic E-state index is 13.2. The minimum atomic E-state index is -4.37. The molecule has 0 spiro atoms. The number of halogens is 3. The van der Waals surface area contributed by atoms with Crippen molar-refractivity contribution in [1.82, 2.24) is 4.90 Å². The van der Waals surface area contributed by atoms with Crippen molar-refractivity contribution in [3.8, 4) is 0 Å². The van der Waals surface area contributed by atoms with E-state index in [0.29, 0.717) is 29.8 Å². The number of aliphatic hydroxyl groups is 1. The van der Waals surface area contributed by atoms with Gasteiger partial charge in [-0.1, -0.05) is 24.3 Å². The molecule has 28 heavy (non-hydrogen) atoms. The minimum Gasteiger partial charge on any atom is -0.384 e. The van der Waals surface area contributed by atoms with Crippen LogP contribution in [0.15, 0.2) is 47.4 Å². The van der Waals surface area contributed by atoms with Crippen LogP contribution in [0.2, 0.25) is 0 Å². The zero-order chi connectivity index (χ0) is 20.7. The molecule has 1 heterocycles. The summed E-state index contributed by atoms with van der Waals surface area (Å²) in [6.45, 7) is 2.56. The molecule has 1 aliphatic heterocycles. The van der Waals surface area contributed by atoms with E-state index >= 15 is 0 Å². The summed E-state index contributed by atoms with van der Waals surface area (Å²) in [4.78, 5) is 2.08. The van der Waals surface area contributed by atoms with E-state index in [2.05, 4.69) is 0 Å². The fourth-order valence-corrected chi connectivity index (χ4v) is 4.29. The first-order valence-corrected chi connectivity index (χ1v) is 10.7. The van der Waals surface area contributed by atoms with E-state index in [4.69, 9.17) is 0 Å². The zero-order valence-electron chi connectivity index (χ0n) is 15.6. The summed E-state index contributed by atoms with van der Waals surface area (Å²) < 4.78 is 62.7. The highest BCUT2D eigenvalue weighted by atomic mass is 32.2. The molecule has 2 aromatic rings. The first-order valence-electron chi connectivity index (χ1n) is 8.81. The average Bonchev–Trinajstić information content (AvgIpc) is 2.59. The van der Waals surface area contributed by atoms with Crippen molar-refractivity contribution in [1.29, 1.82) is 0 Å². The molecule has 2 aromatic carbocycles. The summed E-state index contributed by atoms with van der Waals surface area (Å²) in [7, 11) is -3.33. The van der Waals surface area contributed by atoms with Crippen molar-refractivity contribution < 1.29 is 26.7 Å². The van der Waals surface area contributed by atoms with Crippen molar-refractivity contribution in [2.45, 2.75) is 36.6 Å². The SMILES string of the molecule is CC(O)(CN1CCc2c(cccc2C(F)(F)F)C1)c1ccc(S(C)(=O)=O)cc1. The summed E-state index contributed by atoms with van der Waals surface area (Å²) in [5, 5.41) is 10.9. The van der Waals surface area contributed by atoms with Crippen molar-refractivity contribution in [3.63, 3.8) is 0 Å². The third kappa shape index (κ3) is 4.39. The Morgan fingerprint density at radius 2 is 1.75 bits per heavy atom. The van der Waals surface area contributed by atoms with E-state index in [1.807, 2.05) is 4.90 Å². The first kappa shape index (κ1) is 20.8. The number of rotatable bonds is 4. The van der Waals surface area contributed by atoms with Crippen LogP contribution in [0.3, 0.4) is 0 Å². The third-order valence-electron chi connectivity index (χ3n) is 5.09. The average molecular weight is 413 g/mol. The van der Waals surface area contributed by atoms with Gasteiger partial charge in [-0.3, -0.25) is 4.90 Å². The lowest BCUT2D eigenvalue weighted by Crippen LogP contribution is -2.41. The summed E-state index contributed by atoms with van der Waals surface area (Å²) >= 11 is 0. The van der Waals surface area contributed by atoms with Gasteiger partial charge < -0.3 is 5.11 Å². The van der Waals surface area contributed by atoms with Gasteiger partial charge in [-0.05, 0) is 48.2 Å². The van der Waals surface area contributed by atoms with E-state index in [-0.39, 0.29) is 17.9 Å². The molecule has 1 atom stereocenters. The number of β-amino-alcohol motifs (C(OH)–C–C–N with tert-alkyl or cyclic N) is 1. The van der Waals surface area contributed by atoms with Crippen LogP contribution in [0.4, 0.5) is 13.2 Å². The smallest absolute Gasteiger partial charge is 0.384 e. The molecule has 152 valence electrons. The van der Waals surface area contributed by atoms with E-state index in [0.717, 1.165) is 12.3 Å². The molecule has 0 aliphatic carbocycles. The Labute approximate surface area is 162 Å². The monoisotopic (exact) mass is 413 g/mol. The van der Waals surface area contributed by atoms with Gasteiger partial charge in [0.05, 0.1) is 16.1 Å². The third-order valence-corrected chi connectivity index (χ3v) is 6.21. The Morgan fingerprint density at radius 1 is 1.11 bits per heavy atom. The maximum atomic E-state index is 13.2. The van der Waals surface area contributed by atoms with Gasteiger partial charge in [0, 0.05) is 25.9 Å². The molecule has 0 fully saturated rings. The van der Waals surface area contributed by atoms with Crippen LogP contribution >= 0.6 is 0 Å². The van der Waals surface area contributed by atoms with Crippen LogP contribution in [0.1, 0.15) is 29.2 Å². The number of alkyl halides is 3. The highest BCUT2D eigenvalue weighted by molar-refractivity contribution is 7.90. The Bertz CT molecular complexity index is 967. The maximum Gasteiger partial charge on any atom is 0.416 e. The van der Waals surface area contributed by atoms with Crippen molar-refractivity contribution in [2.75, 3.05) is 19.3 Å². The molecule has 1 N–H and O–H groups in total. The molecule has 0 amide bonds. The quantitative estimate of drug-likeness (QED) is 0.835. The second-order valence-corrected chi connectivity index (χ2v) is 9.49. The molecule has 3 rings (SSSR count). The van der Waals surface area contributed by atoms with Crippen LogP contribution in [0.5, 0.6) is 0 Å². The van der Waals surface area contributed by atoms with Gasteiger partial charge in [0.15, 0.2) is 9.84 Å². The number of nitrogens with zero attached hydrogens (tertiary/aromatic N) is 1. The second kappa shape index (κ2) is 7.17. The summed E-state index contributed by atoms with van der Waals surface area (Å²) in [5.41, 5.74) is -0.370. The molecular formula is C20H22F3NO3S. The van der Waals surface area contributed by atoms with E-state index in [9.17, 15) is 26.7 Å². The lowest BCUT2D eigenvalue weighted by molar-refractivity contribution is -0.138. The largest absolute Gasteiger partial charge is 0.416 e. The normalized spacial score (nSPS) is 17.8. The van der Waals surface area contributed by atoms with Gasteiger partial charge >= 0.3 is 6.18 Å². The molecular weight excluding hydrogens is 391 g/mol. The van der Waals surface area contributed by atoms with Gasteiger partial charge in [0.1, 0.15) is 0 Å². The van der Waals surface area contributed by atoms with Crippen molar-refractivity contribution in [2.24, 2.45) is 0 Å². The van der Waals surface area contributed by atoms with Crippen LogP contribution < -0.4 is 0 Å². The standard InChI is InChI=1S/C20H22F3NO3S/c1-19(25,15-6-8-16(9-7-15)28(2,26)27)13-24-11-10-17-14(12-24)4-3-5-18(17)20(21,22)23/h3-9,25H,10-13H2,1-2H3. The van der Waals surface area contributed by atoms with Gasteiger partial charge in [-0.25, -0.2) is 8.42 Å². The number of hydrogen-bond donors (Lipinski definition) is 1. The van der Waals surface area contributed by atoms with Gasteiger partial charge in [-0.15, -0.1) is 0 Å². The Balaban J connectivity index is 1.78. The fraction of sp³-hybridized carbons (Fsp3) is 0.400. The van der Waals surface area contributed by atoms with E-state index in [1.165, 1.54) is 18.2 Å². The lowest BCUT2D eigenvalue weighted by atomic mass is 9.91. The molecule has 1 aliphatic rings. The first-order chi connectivity index (χ1) is 12.9. The molecule has 0 saturated carbocycles. The van der Waals surface area contributed by atoms with Crippen LogP contribution in [-0.4, -0.2) is 37.8 Å². The van der Waals surface area contributed by atoms with Crippen LogP contribution in [0, 0.1) is 0 Å². The van der Waals surface area contributed by atoms with Gasteiger partial charge in [0.2, 0.25) is 0 Å². The Morgan fingerprint density at radius 3 is 2.32 bits per heavy atom. The van der Waals surface area contributed by atoms with E-state index in [1.54, 1.807) is 25.1 Å². The van der Waals surface area contributed by atoms with Crippen LogP contribution in [-0.2, 0) is 34.6 Å². The topological polar surface area (TPSA) is 57.6 Å². The molecule has 4 nitrogen and oxygen atoms in total. The van der Waals surface area contributed by atoms with Crippen LogP contribution in [0.25, 0.3) is 0 Å². The molecule has 0 saturated heterocycles. The number of benzene rings is 2. The summed E-state index contributed by atoms with van der Waals surface area (Å²) in [5.74, 6) is 0. The molecule has 0 bridgehead atoms. The number of fused-ring (bicyclic) bond motifs is 1. The summed E-state index contributed by atoms with van der Waals surface area (Å²) in [6.07, 6.45) is -3.00. The molecule has 1 unspecified atom stereocenters. The number of hydrogen-bond acceptors (Lipinski definition) is 4. The van der Waals surface area contributed by atoms with Crippen molar-refractivity contribution >= 4 is 9.84 Å². The minimum absolute atomic E-state index is 0.165. The second-order valence-electron chi connectivity index (χ2n) is 7.47. The Hall–Kier alpha value is -1.90. The van der Waals surface area contributed by atoms with Gasteiger partial charge in [-0.2, -0.15) is 13.2 Å². The Kier molecular flexibility index (Phi) is 5.33. The lowest BCUT2D eigenvalue weighted by Gasteiger charge is -2.36. The molecule has 0 radical (unpaired) electrons. The predicted molar refractivity (Wildman–Crippen MR) is 99.5 cm³/mol. The predicted octanol–water partition coefficient (Wildman–Crippen LogP) is 3.37. The summed E-state index contributed by atoms with van der Waals surface area (Å²) in [6, 6.07) is 10.2. The highest BCUT2D eigenvalue weighted by Crippen LogP contribution is 2.36. The molecule has 8 heteroatoms. The van der Waals surface area contributed by atoms with Crippen molar-refractivity contribution in [3.05, 3.63) is 64.7 Å². The van der Waals surface area contributed by atoms with E-state index < -0.39 is 27.2 Å². The number of sulfone groups is 1. The fourth-order valence-electron chi connectivity index (χ4n) is 3.66.